The van der Waals surface area contributed by atoms with Crippen LogP contribution in [0.25, 0.3) is 11.0 Å². The second kappa shape index (κ2) is 7.29. The fourth-order valence-corrected chi connectivity index (χ4v) is 3.20. The van der Waals surface area contributed by atoms with Crippen LogP contribution in [0.3, 0.4) is 0 Å². The number of halogens is 1. The van der Waals surface area contributed by atoms with E-state index in [0.717, 1.165) is 48.5 Å². The van der Waals surface area contributed by atoms with Gasteiger partial charge in [0.2, 0.25) is 5.28 Å². The highest BCUT2D eigenvalue weighted by Gasteiger charge is 2.19. The molecule has 0 spiro atoms. The zero-order valence-electron chi connectivity index (χ0n) is 13.7. The van der Waals surface area contributed by atoms with Crippen LogP contribution in [-0.4, -0.2) is 46.2 Å². The molecule has 128 valence electrons. The lowest BCUT2D eigenvalue weighted by molar-refractivity contribution is 0.122. The molecule has 0 bridgehead atoms. The van der Waals surface area contributed by atoms with E-state index in [9.17, 15) is 0 Å². The van der Waals surface area contributed by atoms with Crippen molar-refractivity contribution >= 4 is 28.5 Å². The van der Waals surface area contributed by atoms with E-state index >= 15 is 0 Å². The molecule has 1 saturated heterocycles. The van der Waals surface area contributed by atoms with Crippen LogP contribution in [0.15, 0.2) is 36.7 Å². The molecule has 0 amide bonds. The van der Waals surface area contributed by atoms with Gasteiger partial charge in [0.25, 0.3) is 0 Å². The van der Waals surface area contributed by atoms with Gasteiger partial charge in [-0.05, 0) is 30.0 Å². The smallest absolute Gasteiger partial charge is 0.225 e. The summed E-state index contributed by atoms with van der Waals surface area (Å²) in [6.45, 7) is 2.89. The van der Waals surface area contributed by atoms with Gasteiger partial charge in [-0.2, -0.15) is 4.98 Å². The van der Waals surface area contributed by atoms with E-state index in [4.69, 9.17) is 16.3 Å². The first-order chi connectivity index (χ1) is 12.3. The first kappa shape index (κ1) is 16.2. The van der Waals surface area contributed by atoms with Gasteiger partial charge in [-0.3, -0.25) is 0 Å². The van der Waals surface area contributed by atoms with Crippen LogP contribution in [0.2, 0.25) is 5.28 Å². The van der Waals surface area contributed by atoms with Crippen molar-refractivity contribution in [2.75, 3.05) is 31.2 Å². The quantitative estimate of drug-likeness (QED) is 0.670. The number of hydrogen-bond donors (Lipinski definition) is 0. The fourth-order valence-electron chi connectivity index (χ4n) is 3.04. The minimum Gasteiger partial charge on any atom is -0.378 e. The van der Waals surface area contributed by atoms with Gasteiger partial charge in [-0.25, -0.2) is 15.0 Å². The molecule has 0 unspecified atom stereocenters. The monoisotopic (exact) mass is 355 g/mol. The minimum atomic E-state index is 0.227. The first-order valence-electron chi connectivity index (χ1n) is 8.35. The van der Waals surface area contributed by atoms with Crippen LogP contribution in [-0.2, 0) is 17.6 Å². The molecule has 3 aromatic rings. The summed E-state index contributed by atoms with van der Waals surface area (Å²) in [5, 5.41) is 0.227. The molecule has 1 aliphatic rings. The third-order valence-corrected chi connectivity index (χ3v) is 4.49. The van der Waals surface area contributed by atoms with Crippen LogP contribution < -0.4 is 4.90 Å². The number of fused-ring (bicyclic) bond motifs is 1. The molecule has 1 fully saturated rings. The SMILES string of the molecule is Clc1nc(N2CCOCC2)c2ncnc(CCc3ccccc3)c2n1. The number of aryl methyl sites for hydroxylation is 2. The lowest BCUT2D eigenvalue weighted by Crippen LogP contribution is -2.37. The number of anilines is 1. The summed E-state index contributed by atoms with van der Waals surface area (Å²) in [5.74, 6) is 0.765. The van der Waals surface area contributed by atoms with Crippen molar-refractivity contribution in [3.63, 3.8) is 0 Å². The van der Waals surface area contributed by atoms with Gasteiger partial charge in [0.15, 0.2) is 5.82 Å². The summed E-state index contributed by atoms with van der Waals surface area (Å²) in [6, 6.07) is 10.3. The van der Waals surface area contributed by atoms with E-state index in [1.54, 1.807) is 6.33 Å². The summed E-state index contributed by atoms with van der Waals surface area (Å²) in [7, 11) is 0. The Morgan fingerprint density at radius 1 is 0.960 bits per heavy atom. The first-order valence-corrected chi connectivity index (χ1v) is 8.73. The van der Waals surface area contributed by atoms with Gasteiger partial charge < -0.3 is 9.64 Å². The number of ether oxygens (including phenoxy) is 1. The number of aromatic nitrogens is 4. The van der Waals surface area contributed by atoms with Crippen LogP contribution in [0.1, 0.15) is 11.3 Å². The summed E-state index contributed by atoms with van der Waals surface area (Å²) in [5.41, 5.74) is 3.65. The van der Waals surface area contributed by atoms with E-state index in [1.807, 2.05) is 18.2 Å². The molecule has 25 heavy (non-hydrogen) atoms. The van der Waals surface area contributed by atoms with Gasteiger partial charge in [-0.15, -0.1) is 0 Å². The third-order valence-electron chi connectivity index (χ3n) is 4.32. The Hall–Kier alpha value is -2.31. The van der Waals surface area contributed by atoms with Crippen molar-refractivity contribution in [1.82, 2.24) is 19.9 Å². The average Bonchev–Trinajstić information content (AvgIpc) is 2.67. The minimum absolute atomic E-state index is 0.227. The number of hydrogen-bond acceptors (Lipinski definition) is 6. The van der Waals surface area contributed by atoms with Crippen molar-refractivity contribution in [2.45, 2.75) is 12.8 Å². The van der Waals surface area contributed by atoms with Crippen molar-refractivity contribution in [3.8, 4) is 0 Å². The van der Waals surface area contributed by atoms with E-state index in [1.165, 1.54) is 5.56 Å². The molecule has 3 heterocycles. The second-order valence-corrected chi connectivity index (χ2v) is 6.26. The van der Waals surface area contributed by atoms with Crippen LogP contribution in [0.5, 0.6) is 0 Å². The third kappa shape index (κ3) is 3.55. The lowest BCUT2D eigenvalue weighted by Gasteiger charge is -2.28. The summed E-state index contributed by atoms with van der Waals surface area (Å²) >= 11 is 6.20. The predicted molar refractivity (Wildman–Crippen MR) is 97.0 cm³/mol. The Bertz CT molecular complexity index is 868. The summed E-state index contributed by atoms with van der Waals surface area (Å²) in [6.07, 6.45) is 3.25. The lowest BCUT2D eigenvalue weighted by atomic mass is 10.1. The Kier molecular flexibility index (Phi) is 4.72. The predicted octanol–water partition coefficient (Wildman–Crippen LogP) is 2.70. The maximum atomic E-state index is 6.20. The zero-order chi connectivity index (χ0) is 17.1. The molecule has 0 atom stereocenters. The van der Waals surface area contributed by atoms with Gasteiger partial charge in [0, 0.05) is 13.1 Å². The summed E-state index contributed by atoms with van der Waals surface area (Å²) in [4.78, 5) is 19.9. The van der Waals surface area contributed by atoms with Crippen molar-refractivity contribution in [2.24, 2.45) is 0 Å². The maximum Gasteiger partial charge on any atom is 0.225 e. The maximum absolute atomic E-state index is 6.20. The molecule has 0 saturated carbocycles. The van der Waals surface area contributed by atoms with Gasteiger partial charge in [-0.1, -0.05) is 30.3 Å². The number of rotatable bonds is 4. The van der Waals surface area contributed by atoms with Gasteiger partial charge in [0.1, 0.15) is 17.4 Å². The number of benzene rings is 1. The fraction of sp³-hybridized carbons (Fsp3) is 0.333. The normalized spacial score (nSPS) is 14.8. The van der Waals surface area contributed by atoms with Gasteiger partial charge >= 0.3 is 0 Å². The van der Waals surface area contributed by atoms with E-state index < -0.39 is 0 Å². The van der Waals surface area contributed by atoms with E-state index in [0.29, 0.717) is 13.2 Å². The molecule has 6 nitrogen and oxygen atoms in total. The topological polar surface area (TPSA) is 64.0 Å². The number of morpholine rings is 1. The molecule has 1 aromatic carbocycles. The highest BCUT2D eigenvalue weighted by atomic mass is 35.5. The second-order valence-electron chi connectivity index (χ2n) is 5.92. The standard InChI is InChI=1S/C18H18ClN5O/c19-18-22-15-14(7-6-13-4-2-1-3-5-13)20-12-21-16(15)17(23-18)24-8-10-25-11-9-24/h1-5,12H,6-11H2. The highest BCUT2D eigenvalue weighted by molar-refractivity contribution is 6.28. The van der Waals surface area contributed by atoms with E-state index in [-0.39, 0.29) is 5.28 Å². The molecule has 0 radical (unpaired) electrons. The van der Waals surface area contributed by atoms with Crippen molar-refractivity contribution < 1.29 is 4.74 Å². The molecule has 0 N–H and O–H groups in total. The molecule has 1 aliphatic heterocycles. The molecule has 7 heteroatoms. The Balaban J connectivity index is 1.69. The van der Waals surface area contributed by atoms with E-state index in [2.05, 4.69) is 37.0 Å². The average molecular weight is 356 g/mol. The highest BCUT2D eigenvalue weighted by Crippen LogP contribution is 2.26. The largest absolute Gasteiger partial charge is 0.378 e. The zero-order valence-corrected chi connectivity index (χ0v) is 14.5. The summed E-state index contributed by atoms with van der Waals surface area (Å²) < 4.78 is 5.42. The molecule has 0 aliphatic carbocycles. The molecular formula is C18H18ClN5O. The molecule has 2 aromatic heterocycles. The van der Waals surface area contributed by atoms with Gasteiger partial charge in [0.05, 0.1) is 18.9 Å². The van der Waals surface area contributed by atoms with Crippen LogP contribution in [0, 0.1) is 0 Å². The van der Waals surface area contributed by atoms with Crippen LogP contribution in [0.4, 0.5) is 5.82 Å². The number of nitrogens with zero attached hydrogens (tertiary/aromatic N) is 5. The Labute approximate surface area is 150 Å². The molecular weight excluding hydrogens is 338 g/mol. The van der Waals surface area contributed by atoms with Crippen molar-refractivity contribution in [3.05, 3.63) is 53.2 Å². The van der Waals surface area contributed by atoms with Crippen molar-refractivity contribution in [1.29, 1.82) is 0 Å². The Morgan fingerprint density at radius 3 is 2.56 bits per heavy atom. The van der Waals surface area contributed by atoms with Crippen LogP contribution >= 0.6 is 11.6 Å². The Morgan fingerprint density at radius 2 is 1.76 bits per heavy atom. The molecule has 4 rings (SSSR count).